The fraction of sp³-hybridized carbons (Fsp3) is 0. The number of anilines is 11. The number of benzene rings is 5. The molecule has 0 spiro atoms. The van der Waals surface area contributed by atoms with Gasteiger partial charge in [-0.25, -0.2) is 0 Å². The normalized spacial score (nSPS) is 11.9. The third kappa shape index (κ3) is 1.93. The number of hydrogen-bond acceptors (Lipinski definition) is 12. The molecule has 12 heteroatoms. The number of nitrogens with zero attached hydrogens (tertiary/aromatic N) is 1. The summed E-state index contributed by atoms with van der Waals surface area (Å²) in [5.41, 5.74) is 72.3. The second-order valence-corrected chi connectivity index (χ2v) is 8.06. The molecular weight excluding hydrogens is 420 g/mol. The molecule has 0 bridgehead atoms. The topological polar surface area (TPSA) is 299 Å². The van der Waals surface area contributed by atoms with Crippen molar-refractivity contribution >= 4 is 118 Å². The Morgan fingerprint density at radius 2 is 0.576 bits per heavy atom. The molecule has 0 fully saturated rings. The van der Waals surface area contributed by atoms with E-state index in [9.17, 15) is 0 Å². The van der Waals surface area contributed by atoms with Crippen LogP contribution in [0.15, 0.2) is 4.99 Å². The second-order valence-electron chi connectivity index (χ2n) is 8.06. The summed E-state index contributed by atoms with van der Waals surface area (Å²) in [6.07, 6.45) is 0. The summed E-state index contributed by atoms with van der Waals surface area (Å²) in [6.45, 7) is 3.56. The van der Waals surface area contributed by atoms with Crippen LogP contribution in [0.5, 0.6) is 0 Å². The van der Waals surface area contributed by atoms with Crippen LogP contribution in [0.3, 0.4) is 0 Å². The molecule has 168 valence electrons. The fourth-order valence-electron chi connectivity index (χ4n) is 4.95. The van der Waals surface area contributed by atoms with E-state index in [-0.39, 0.29) is 68.2 Å². The Hall–Kier alpha value is -5.13. The van der Waals surface area contributed by atoms with Gasteiger partial charge in [0.15, 0.2) is 0 Å². The van der Waals surface area contributed by atoms with E-state index >= 15 is 0 Å². The van der Waals surface area contributed by atoms with E-state index in [1.165, 1.54) is 0 Å². The summed E-state index contributed by atoms with van der Waals surface area (Å²) in [7, 11) is 0. The van der Waals surface area contributed by atoms with Gasteiger partial charge in [0.2, 0.25) is 0 Å². The zero-order valence-corrected chi connectivity index (χ0v) is 17.5. The van der Waals surface area contributed by atoms with Gasteiger partial charge in [-0.2, -0.15) is 0 Å². The Morgan fingerprint density at radius 3 is 0.970 bits per heavy atom. The first-order chi connectivity index (χ1) is 15.5. The molecule has 0 aliphatic carbocycles. The lowest BCUT2D eigenvalue weighted by atomic mass is 9.83. The smallest absolute Gasteiger partial charge is 0.111 e. The number of fused-ring (bicyclic) bond motifs is 3. The molecule has 0 saturated carbocycles. The Bertz CT molecular complexity index is 1740. The molecule has 33 heavy (non-hydrogen) atoms. The van der Waals surface area contributed by atoms with E-state index in [4.69, 9.17) is 63.1 Å². The number of hydrogen-bond donors (Lipinski definition) is 11. The zero-order valence-electron chi connectivity index (χ0n) is 17.5. The average molecular weight is 445 g/mol. The molecule has 0 aliphatic heterocycles. The van der Waals surface area contributed by atoms with Gasteiger partial charge in [0.1, 0.15) is 5.69 Å². The maximum absolute atomic E-state index is 6.54. The van der Waals surface area contributed by atoms with Crippen molar-refractivity contribution in [3.05, 3.63) is 0 Å². The summed E-state index contributed by atoms with van der Waals surface area (Å²) < 4.78 is 0. The van der Waals surface area contributed by atoms with Crippen LogP contribution in [0.1, 0.15) is 0 Å². The van der Waals surface area contributed by atoms with E-state index in [0.29, 0.717) is 43.1 Å². The number of aliphatic imine (C=N–C) groups is 1. The monoisotopic (exact) mass is 444 g/mol. The minimum Gasteiger partial charge on any atom is -0.396 e. The van der Waals surface area contributed by atoms with E-state index in [0.717, 1.165) is 0 Å². The molecule has 22 N–H and O–H groups in total. The Labute approximate surface area is 186 Å². The van der Waals surface area contributed by atoms with Crippen LogP contribution in [0.2, 0.25) is 0 Å². The van der Waals surface area contributed by atoms with Gasteiger partial charge in [-0.05, 0) is 6.72 Å². The van der Waals surface area contributed by atoms with Crippen molar-refractivity contribution in [2.24, 2.45) is 4.99 Å². The van der Waals surface area contributed by atoms with Gasteiger partial charge in [-0.3, -0.25) is 4.99 Å². The van der Waals surface area contributed by atoms with E-state index < -0.39 is 0 Å². The molecule has 12 nitrogen and oxygen atoms in total. The first kappa shape index (κ1) is 19.8. The molecule has 0 saturated heterocycles. The predicted molar refractivity (Wildman–Crippen MR) is 145 cm³/mol. The number of nitrogens with two attached hydrogens (primary N) is 11. The van der Waals surface area contributed by atoms with Gasteiger partial charge < -0.3 is 63.1 Å². The summed E-state index contributed by atoms with van der Waals surface area (Å²) >= 11 is 0. The minimum atomic E-state index is 0.108. The van der Waals surface area contributed by atoms with Gasteiger partial charge in [0.25, 0.3) is 0 Å². The maximum Gasteiger partial charge on any atom is 0.111 e. The van der Waals surface area contributed by atoms with Crippen molar-refractivity contribution < 1.29 is 0 Å². The van der Waals surface area contributed by atoms with Crippen LogP contribution < -0.4 is 63.1 Å². The Kier molecular flexibility index (Phi) is 3.46. The highest BCUT2D eigenvalue weighted by Gasteiger charge is 2.30. The van der Waals surface area contributed by atoms with Gasteiger partial charge in [-0.1, -0.05) is 0 Å². The van der Waals surface area contributed by atoms with Crippen molar-refractivity contribution in [2.45, 2.75) is 0 Å². The van der Waals surface area contributed by atoms with Crippen LogP contribution in [-0.2, 0) is 0 Å². The van der Waals surface area contributed by atoms with Crippen LogP contribution in [0, 0.1) is 0 Å². The maximum atomic E-state index is 6.54. The standard InChI is InChI=1S/C21H24N12/c1-33-21-17(29)7-5-3-2-4(6(7)12(24)20(21)32)10(22)18(30)15(27)8(2)13(25)14(26)9(3)16(28)19(31)11(5)23/h1,22-32H2. The van der Waals surface area contributed by atoms with Crippen molar-refractivity contribution in [3.63, 3.8) is 0 Å². The molecule has 0 aliphatic rings. The predicted octanol–water partition coefficient (Wildman–Crippen LogP) is 1.47. The van der Waals surface area contributed by atoms with Crippen molar-refractivity contribution in [3.8, 4) is 0 Å². The summed E-state index contributed by atoms with van der Waals surface area (Å²) in [6, 6.07) is 0. The molecule has 5 aromatic carbocycles. The summed E-state index contributed by atoms with van der Waals surface area (Å²) in [4.78, 5) is 3.97. The number of nitrogen functional groups attached to an aromatic ring is 11. The average Bonchev–Trinajstić information content (AvgIpc) is 2.78. The molecular formula is C21H24N12. The molecule has 0 atom stereocenters. The Morgan fingerprint density at radius 1 is 0.303 bits per heavy atom. The third-order valence-electron chi connectivity index (χ3n) is 6.56. The molecule has 5 rings (SSSR count). The van der Waals surface area contributed by atoms with Gasteiger partial charge in [-0.15, -0.1) is 0 Å². The quantitative estimate of drug-likeness (QED) is 0.0760. The highest BCUT2D eigenvalue weighted by molar-refractivity contribution is 6.48. The zero-order chi connectivity index (χ0) is 24.3. The fourth-order valence-corrected chi connectivity index (χ4v) is 4.95. The molecule has 0 radical (unpaired) electrons. The van der Waals surface area contributed by atoms with Crippen molar-refractivity contribution in [1.29, 1.82) is 0 Å². The Balaban J connectivity index is 2.44. The molecule has 0 unspecified atom stereocenters. The second kappa shape index (κ2) is 5.76. The van der Waals surface area contributed by atoms with Gasteiger partial charge in [0.05, 0.1) is 62.6 Å². The van der Waals surface area contributed by atoms with E-state index in [1.54, 1.807) is 0 Å². The van der Waals surface area contributed by atoms with Crippen LogP contribution in [0.25, 0.3) is 43.1 Å². The van der Waals surface area contributed by atoms with Crippen LogP contribution in [-0.4, -0.2) is 6.72 Å². The van der Waals surface area contributed by atoms with Gasteiger partial charge >= 0.3 is 0 Å². The summed E-state index contributed by atoms with van der Waals surface area (Å²) in [5, 5.41) is 3.51. The first-order valence-electron chi connectivity index (χ1n) is 9.72. The first-order valence-corrected chi connectivity index (χ1v) is 9.72. The lowest BCUT2D eigenvalue weighted by Crippen LogP contribution is -2.11. The summed E-state index contributed by atoms with van der Waals surface area (Å²) in [5.74, 6) is 0. The highest BCUT2D eigenvalue weighted by atomic mass is 14.8. The van der Waals surface area contributed by atoms with Crippen LogP contribution in [0.4, 0.5) is 68.2 Å². The third-order valence-corrected chi connectivity index (χ3v) is 6.56. The SMILES string of the molecule is C=Nc1c(N)c(N)c2c(c1N)c1c(N)c(N)c(N)c3c(N)c(N)c4c(N)c(N)c(N)c2c4c31. The molecule has 0 heterocycles. The highest BCUT2D eigenvalue weighted by Crippen LogP contribution is 2.58. The van der Waals surface area contributed by atoms with Crippen molar-refractivity contribution in [2.75, 3.05) is 63.1 Å². The lowest BCUT2D eigenvalue weighted by molar-refractivity contribution is 1.57. The molecule has 0 aromatic heterocycles. The van der Waals surface area contributed by atoms with Crippen molar-refractivity contribution in [1.82, 2.24) is 0 Å². The van der Waals surface area contributed by atoms with E-state index in [2.05, 4.69) is 11.7 Å². The molecule has 0 amide bonds. The lowest BCUT2D eigenvalue weighted by Gasteiger charge is -2.26. The largest absolute Gasteiger partial charge is 0.396 e. The van der Waals surface area contributed by atoms with Gasteiger partial charge in [0, 0.05) is 43.1 Å². The van der Waals surface area contributed by atoms with E-state index in [1.807, 2.05) is 0 Å². The molecule has 5 aromatic rings. The number of rotatable bonds is 1. The minimum absolute atomic E-state index is 0.108. The van der Waals surface area contributed by atoms with Crippen LogP contribution >= 0.6 is 0 Å².